The van der Waals surface area contributed by atoms with Crippen molar-refractivity contribution < 1.29 is 9.59 Å². The van der Waals surface area contributed by atoms with E-state index in [2.05, 4.69) is 15.6 Å². The zero-order valence-electron chi connectivity index (χ0n) is 13.7. The highest BCUT2D eigenvalue weighted by Crippen LogP contribution is 2.40. The Morgan fingerprint density at radius 1 is 1.12 bits per heavy atom. The van der Waals surface area contributed by atoms with Crippen molar-refractivity contribution in [3.8, 4) is 0 Å². The van der Waals surface area contributed by atoms with E-state index in [1.54, 1.807) is 18.2 Å². The number of rotatable bonds is 6. The number of aromatic nitrogens is 1. The summed E-state index contributed by atoms with van der Waals surface area (Å²) in [7, 11) is 0. The molecular weight excluding hydrogens is 334 g/mol. The maximum atomic E-state index is 12.0. The largest absolute Gasteiger partial charge is 0.349 e. The van der Waals surface area contributed by atoms with Crippen molar-refractivity contribution in [3.63, 3.8) is 0 Å². The monoisotopic (exact) mass is 353 g/mol. The molecule has 2 amide bonds. The molecule has 0 spiro atoms. The molecule has 2 N–H and O–H groups in total. The molecule has 2 saturated carbocycles. The molecule has 1 aromatic heterocycles. The number of nitrogens with one attached hydrogen (secondary N) is 2. The predicted molar refractivity (Wildman–Crippen MR) is 98.7 cm³/mol. The Kier molecular flexibility index (Phi) is 4.36. The number of anilines is 1. The quantitative estimate of drug-likeness (QED) is 0.780. The number of nitrogens with zero attached hydrogens (tertiary/aromatic N) is 1. The van der Waals surface area contributed by atoms with Crippen LogP contribution in [0.25, 0.3) is 6.08 Å². The molecule has 1 aromatic carbocycles. The van der Waals surface area contributed by atoms with Crippen molar-refractivity contribution in [1.29, 1.82) is 0 Å². The molecule has 0 bridgehead atoms. The Balaban J connectivity index is 1.32. The molecule has 0 aliphatic heterocycles. The molecular formula is C19H19N3O2S. The average Bonchev–Trinajstić information content (AvgIpc) is 3.54. The maximum Gasteiger partial charge on any atom is 0.251 e. The van der Waals surface area contributed by atoms with Crippen LogP contribution in [0.3, 0.4) is 0 Å². The van der Waals surface area contributed by atoms with Gasteiger partial charge in [-0.1, -0.05) is 12.1 Å². The summed E-state index contributed by atoms with van der Waals surface area (Å²) < 4.78 is 0. The molecule has 2 aliphatic rings. The molecule has 2 aliphatic carbocycles. The summed E-state index contributed by atoms with van der Waals surface area (Å²) >= 11 is 1.46. The van der Waals surface area contributed by atoms with Gasteiger partial charge in [-0.05, 0) is 49.5 Å². The minimum Gasteiger partial charge on any atom is -0.349 e. The molecule has 128 valence electrons. The first-order valence-electron chi connectivity index (χ1n) is 8.53. The zero-order chi connectivity index (χ0) is 17.2. The number of benzene rings is 1. The second kappa shape index (κ2) is 6.80. The number of carbonyl (C=O) groups excluding carboxylic acids is 2. The molecule has 5 nitrogen and oxygen atoms in total. The SMILES string of the molecule is O=C(/C=C\c1ccc(C(=O)NC2CC2)cc1)Nc1nc(C2CC2)cs1. The molecule has 2 aromatic rings. The molecule has 4 rings (SSSR count). The van der Waals surface area contributed by atoms with Gasteiger partial charge in [0.25, 0.3) is 5.91 Å². The lowest BCUT2D eigenvalue weighted by Crippen LogP contribution is -2.25. The van der Waals surface area contributed by atoms with Gasteiger partial charge in [0.15, 0.2) is 5.13 Å². The van der Waals surface area contributed by atoms with E-state index in [0.29, 0.717) is 22.7 Å². The smallest absolute Gasteiger partial charge is 0.251 e. The molecule has 0 unspecified atom stereocenters. The summed E-state index contributed by atoms with van der Waals surface area (Å²) in [5.74, 6) is 0.353. The number of amides is 2. The van der Waals surface area contributed by atoms with Crippen molar-refractivity contribution in [2.45, 2.75) is 37.6 Å². The zero-order valence-corrected chi connectivity index (χ0v) is 14.5. The van der Waals surface area contributed by atoms with Crippen molar-refractivity contribution in [1.82, 2.24) is 10.3 Å². The summed E-state index contributed by atoms with van der Waals surface area (Å²) in [6.45, 7) is 0. The van der Waals surface area contributed by atoms with Crippen molar-refractivity contribution in [2.75, 3.05) is 5.32 Å². The Morgan fingerprint density at radius 3 is 2.56 bits per heavy atom. The Morgan fingerprint density at radius 2 is 1.88 bits per heavy atom. The molecule has 25 heavy (non-hydrogen) atoms. The molecule has 0 radical (unpaired) electrons. The van der Waals surface area contributed by atoms with Gasteiger partial charge in [-0.25, -0.2) is 4.98 Å². The third-order valence-corrected chi connectivity index (χ3v) is 5.04. The molecule has 2 fully saturated rings. The molecule has 6 heteroatoms. The molecule has 0 saturated heterocycles. The van der Waals surface area contributed by atoms with Crippen LogP contribution in [-0.2, 0) is 4.79 Å². The Labute approximate surface area is 150 Å². The van der Waals surface area contributed by atoms with Gasteiger partial charge in [-0.3, -0.25) is 14.9 Å². The van der Waals surface area contributed by atoms with E-state index in [-0.39, 0.29) is 11.8 Å². The lowest BCUT2D eigenvalue weighted by Gasteiger charge is -2.03. The van der Waals surface area contributed by atoms with Crippen LogP contribution in [0.15, 0.2) is 35.7 Å². The first-order valence-corrected chi connectivity index (χ1v) is 9.41. The topological polar surface area (TPSA) is 71.1 Å². The standard InChI is InChI=1S/C19H19N3O2S/c23-17(22-19-21-16(11-25-19)13-6-7-13)10-3-12-1-4-14(5-2-12)18(24)20-15-8-9-15/h1-5,10-11,13,15H,6-9H2,(H,20,24)(H,21,22,23)/b10-3-. The summed E-state index contributed by atoms with van der Waals surface area (Å²) in [4.78, 5) is 28.4. The van der Waals surface area contributed by atoms with E-state index in [9.17, 15) is 9.59 Å². The van der Waals surface area contributed by atoms with Crippen LogP contribution in [0.5, 0.6) is 0 Å². The maximum absolute atomic E-state index is 12.0. The second-order valence-electron chi connectivity index (χ2n) is 6.54. The van der Waals surface area contributed by atoms with Gasteiger partial charge < -0.3 is 5.32 Å². The van der Waals surface area contributed by atoms with Crippen LogP contribution in [0.2, 0.25) is 0 Å². The first kappa shape index (κ1) is 16.0. The fourth-order valence-corrected chi connectivity index (χ4v) is 3.27. The minimum atomic E-state index is -0.202. The van der Waals surface area contributed by atoms with Crippen molar-refractivity contribution in [3.05, 3.63) is 52.5 Å². The van der Waals surface area contributed by atoms with Crippen LogP contribution in [0, 0.1) is 0 Å². The van der Waals surface area contributed by atoms with Crippen LogP contribution in [0.4, 0.5) is 5.13 Å². The van der Waals surface area contributed by atoms with Gasteiger partial charge in [0.2, 0.25) is 5.91 Å². The van der Waals surface area contributed by atoms with Gasteiger partial charge in [-0.15, -0.1) is 11.3 Å². The van der Waals surface area contributed by atoms with E-state index < -0.39 is 0 Å². The summed E-state index contributed by atoms with van der Waals surface area (Å²) in [6, 6.07) is 7.57. The lowest BCUT2D eigenvalue weighted by atomic mass is 10.1. The van der Waals surface area contributed by atoms with Crippen molar-refractivity contribution in [2.24, 2.45) is 0 Å². The summed E-state index contributed by atoms with van der Waals surface area (Å²) in [6.07, 6.45) is 7.76. The number of carbonyl (C=O) groups is 2. The normalized spacial score (nSPS) is 16.8. The van der Waals surface area contributed by atoms with Gasteiger partial charge in [-0.2, -0.15) is 0 Å². The van der Waals surface area contributed by atoms with E-state index >= 15 is 0 Å². The van der Waals surface area contributed by atoms with Crippen LogP contribution in [0.1, 0.15) is 53.2 Å². The lowest BCUT2D eigenvalue weighted by molar-refractivity contribution is -0.111. The van der Waals surface area contributed by atoms with Gasteiger partial charge in [0, 0.05) is 29.0 Å². The molecule has 1 heterocycles. The van der Waals surface area contributed by atoms with Gasteiger partial charge >= 0.3 is 0 Å². The van der Waals surface area contributed by atoms with E-state index in [4.69, 9.17) is 0 Å². The Bertz CT molecular complexity index is 817. The van der Waals surface area contributed by atoms with Gasteiger partial charge in [0.1, 0.15) is 0 Å². The molecule has 0 atom stereocenters. The number of hydrogen-bond acceptors (Lipinski definition) is 4. The van der Waals surface area contributed by atoms with E-state index in [1.165, 1.54) is 30.3 Å². The number of hydrogen-bond donors (Lipinski definition) is 2. The fraction of sp³-hybridized carbons (Fsp3) is 0.316. The van der Waals surface area contributed by atoms with Crippen LogP contribution >= 0.6 is 11.3 Å². The average molecular weight is 353 g/mol. The van der Waals surface area contributed by atoms with E-state index in [0.717, 1.165) is 24.1 Å². The fourth-order valence-electron chi connectivity index (χ4n) is 2.47. The number of thiazole rings is 1. The Hall–Kier alpha value is -2.47. The second-order valence-corrected chi connectivity index (χ2v) is 7.40. The van der Waals surface area contributed by atoms with Crippen molar-refractivity contribution >= 4 is 34.4 Å². The third-order valence-electron chi connectivity index (χ3n) is 4.26. The van der Waals surface area contributed by atoms with Gasteiger partial charge in [0.05, 0.1) is 5.69 Å². The minimum absolute atomic E-state index is 0.0361. The first-order chi connectivity index (χ1) is 12.2. The highest BCUT2D eigenvalue weighted by atomic mass is 32.1. The van der Waals surface area contributed by atoms with Crippen LogP contribution in [-0.4, -0.2) is 22.8 Å². The van der Waals surface area contributed by atoms with E-state index in [1.807, 2.05) is 17.5 Å². The highest BCUT2D eigenvalue weighted by Gasteiger charge is 2.26. The third kappa shape index (κ3) is 4.33. The summed E-state index contributed by atoms with van der Waals surface area (Å²) in [5.41, 5.74) is 2.60. The van der Waals surface area contributed by atoms with Crippen LogP contribution < -0.4 is 10.6 Å². The highest BCUT2D eigenvalue weighted by molar-refractivity contribution is 7.14. The summed E-state index contributed by atoms with van der Waals surface area (Å²) in [5, 5.41) is 8.40. The predicted octanol–water partition coefficient (Wildman–Crippen LogP) is 3.56.